The highest BCUT2D eigenvalue weighted by molar-refractivity contribution is 6.31. The van der Waals surface area contributed by atoms with Crippen LogP contribution in [0.3, 0.4) is 0 Å². The molecular formula is C12H10Cl2FN3. The zero-order chi connectivity index (χ0) is 13.1. The van der Waals surface area contributed by atoms with Crippen molar-refractivity contribution in [2.75, 3.05) is 0 Å². The largest absolute Gasteiger partial charge is 0.271 e. The first-order chi connectivity index (χ1) is 8.61. The second-order valence-corrected chi connectivity index (χ2v) is 4.47. The highest BCUT2D eigenvalue weighted by Gasteiger charge is 2.16. The minimum atomic E-state index is -0.450. The zero-order valence-corrected chi connectivity index (χ0v) is 10.7. The van der Waals surface area contributed by atoms with Crippen LogP contribution in [0.1, 0.15) is 17.2 Å². The van der Waals surface area contributed by atoms with Gasteiger partial charge in [0.2, 0.25) is 0 Å². The van der Waals surface area contributed by atoms with Gasteiger partial charge in [0.15, 0.2) is 0 Å². The zero-order valence-electron chi connectivity index (χ0n) is 9.20. The Morgan fingerprint density at radius 1 is 1.22 bits per heavy atom. The van der Waals surface area contributed by atoms with Crippen molar-refractivity contribution in [2.24, 2.45) is 5.84 Å². The summed E-state index contributed by atoms with van der Waals surface area (Å²) >= 11 is 11.9. The third-order valence-corrected chi connectivity index (χ3v) is 3.07. The predicted molar refractivity (Wildman–Crippen MR) is 69.8 cm³/mol. The molecule has 0 bridgehead atoms. The van der Waals surface area contributed by atoms with Crippen molar-refractivity contribution in [3.8, 4) is 0 Å². The van der Waals surface area contributed by atoms with Crippen LogP contribution in [-0.2, 0) is 0 Å². The molecule has 0 radical (unpaired) electrons. The van der Waals surface area contributed by atoms with Crippen LogP contribution in [0.4, 0.5) is 4.39 Å². The summed E-state index contributed by atoms with van der Waals surface area (Å²) in [5.74, 6) is 5.13. The third-order valence-electron chi connectivity index (χ3n) is 2.52. The van der Waals surface area contributed by atoms with E-state index in [1.54, 1.807) is 18.3 Å². The molecule has 1 unspecified atom stereocenters. The highest BCUT2D eigenvalue weighted by Crippen LogP contribution is 2.29. The molecule has 0 saturated carbocycles. The number of aromatic nitrogens is 1. The monoisotopic (exact) mass is 285 g/mol. The van der Waals surface area contributed by atoms with E-state index in [0.29, 0.717) is 15.7 Å². The molecule has 0 aliphatic carbocycles. The van der Waals surface area contributed by atoms with E-state index in [1.165, 1.54) is 18.2 Å². The van der Waals surface area contributed by atoms with Gasteiger partial charge >= 0.3 is 0 Å². The topological polar surface area (TPSA) is 50.9 Å². The molecule has 0 aliphatic rings. The van der Waals surface area contributed by atoms with Gasteiger partial charge in [-0.15, -0.1) is 0 Å². The van der Waals surface area contributed by atoms with E-state index in [2.05, 4.69) is 10.4 Å². The smallest absolute Gasteiger partial charge is 0.129 e. The molecule has 6 heteroatoms. The molecular weight excluding hydrogens is 276 g/mol. The van der Waals surface area contributed by atoms with Crippen LogP contribution >= 0.6 is 23.2 Å². The Balaban J connectivity index is 2.48. The summed E-state index contributed by atoms with van der Waals surface area (Å²) in [6.07, 6.45) is 1.55. The molecule has 18 heavy (non-hydrogen) atoms. The molecule has 3 N–H and O–H groups in total. The number of nitrogens with zero attached hydrogens (tertiary/aromatic N) is 1. The van der Waals surface area contributed by atoms with E-state index in [9.17, 15) is 4.39 Å². The van der Waals surface area contributed by atoms with E-state index in [1.807, 2.05) is 0 Å². The van der Waals surface area contributed by atoms with Crippen molar-refractivity contribution < 1.29 is 4.39 Å². The Kier molecular flexibility index (Phi) is 4.14. The fourth-order valence-corrected chi connectivity index (χ4v) is 2.11. The quantitative estimate of drug-likeness (QED) is 0.518. The second kappa shape index (κ2) is 5.63. The first-order valence-electron chi connectivity index (χ1n) is 5.14. The number of hydrazine groups is 1. The maximum atomic E-state index is 13.3. The average Bonchev–Trinajstić information content (AvgIpc) is 2.35. The summed E-state index contributed by atoms with van der Waals surface area (Å²) in [5, 5.41) is 0.757. The van der Waals surface area contributed by atoms with Crippen molar-refractivity contribution in [1.82, 2.24) is 10.4 Å². The standard InChI is InChI=1S/C12H10Cl2FN3/c13-10-2-1-8(15)6-9(10)12(18-16)7-3-4-17-11(14)5-7/h1-6,12,18H,16H2. The van der Waals surface area contributed by atoms with Crippen LogP contribution < -0.4 is 11.3 Å². The first kappa shape index (κ1) is 13.2. The molecule has 2 aromatic rings. The van der Waals surface area contributed by atoms with E-state index >= 15 is 0 Å². The SMILES string of the molecule is NNC(c1ccnc(Cl)c1)c1cc(F)ccc1Cl. The Morgan fingerprint density at radius 3 is 2.67 bits per heavy atom. The average molecular weight is 286 g/mol. The van der Waals surface area contributed by atoms with Crippen molar-refractivity contribution in [3.63, 3.8) is 0 Å². The van der Waals surface area contributed by atoms with Crippen molar-refractivity contribution in [3.05, 3.63) is 63.6 Å². The molecule has 0 spiro atoms. The number of rotatable bonds is 3. The van der Waals surface area contributed by atoms with Crippen LogP contribution in [-0.4, -0.2) is 4.98 Å². The Bertz CT molecular complexity index is 563. The molecule has 0 amide bonds. The molecule has 1 atom stereocenters. The van der Waals surface area contributed by atoms with Gasteiger partial charge in [0, 0.05) is 11.2 Å². The van der Waals surface area contributed by atoms with Crippen molar-refractivity contribution >= 4 is 23.2 Å². The Morgan fingerprint density at radius 2 is 2.00 bits per heavy atom. The van der Waals surface area contributed by atoms with Gasteiger partial charge in [-0.1, -0.05) is 23.2 Å². The maximum absolute atomic E-state index is 13.3. The summed E-state index contributed by atoms with van der Waals surface area (Å²) in [5.41, 5.74) is 3.89. The summed E-state index contributed by atoms with van der Waals surface area (Å²) in [7, 11) is 0. The lowest BCUT2D eigenvalue weighted by Crippen LogP contribution is -2.29. The molecule has 1 aromatic carbocycles. The van der Waals surface area contributed by atoms with Crippen LogP contribution in [0.2, 0.25) is 10.2 Å². The number of pyridine rings is 1. The molecule has 2 rings (SSSR count). The fourth-order valence-electron chi connectivity index (χ4n) is 1.70. The van der Waals surface area contributed by atoms with Gasteiger partial charge < -0.3 is 0 Å². The summed E-state index contributed by atoms with van der Waals surface area (Å²) < 4.78 is 13.3. The van der Waals surface area contributed by atoms with E-state index in [0.717, 1.165) is 5.56 Å². The first-order valence-corrected chi connectivity index (χ1v) is 5.90. The minimum absolute atomic E-state index is 0.334. The molecule has 0 fully saturated rings. The van der Waals surface area contributed by atoms with Gasteiger partial charge in [-0.3, -0.25) is 5.84 Å². The van der Waals surface area contributed by atoms with Crippen LogP contribution in [0, 0.1) is 5.82 Å². The van der Waals surface area contributed by atoms with Gasteiger partial charge in [-0.25, -0.2) is 14.8 Å². The van der Waals surface area contributed by atoms with Gasteiger partial charge in [0.1, 0.15) is 11.0 Å². The fraction of sp³-hybridized carbons (Fsp3) is 0.0833. The number of nitrogens with two attached hydrogens (primary N) is 1. The third kappa shape index (κ3) is 2.79. The molecule has 1 heterocycles. The number of halogens is 3. The summed E-state index contributed by atoms with van der Waals surface area (Å²) in [6, 6.07) is 7.04. The Hall–Kier alpha value is -1.20. The second-order valence-electron chi connectivity index (χ2n) is 3.68. The van der Waals surface area contributed by atoms with Gasteiger partial charge in [0.25, 0.3) is 0 Å². The van der Waals surface area contributed by atoms with E-state index < -0.39 is 6.04 Å². The summed E-state index contributed by atoms with van der Waals surface area (Å²) in [6.45, 7) is 0. The van der Waals surface area contributed by atoms with E-state index in [4.69, 9.17) is 29.0 Å². The highest BCUT2D eigenvalue weighted by atomic mass is 35.5. The summed E-state index contributed by atoms with van der Waals surface area (Å²) in [4.78, 5) is 3.88. The van der Waals surface area contributed by atoms with Gasteiger partial charge in [0.05, 0.1) is 6.04 Å². The predicted octanol–water partition coefficient (Wildman–Crippen LogP) is 3.08. The molecule has 0 saturated heterocycles. The lowest BCUT2D eigenvalue weighted by atomic mass is 10.0. The van der Waals surface area contributed by atoms with Crippen molar-refractivity contribution in [1.29, 1.82) is 0 Å². The molecule has 3 nitrogen and oxygen atoms in total. The molecule has 0 aliphatic heterocycles. The normalized spacial score (nSPS) is 12.4. The number of hydrogen-bond acceptors (Lipinski definition) is 3. The van der Waals surface area contributed by atoms with Crippen molar-refractivity contribution in [2.45, 2.75) is 6.04 Å². The molecule has 1 aromatic heterocycles. The molecule has 94 valence electrons. The number of nitrogens with one attached hydrogen (secondary N) is 1. The van der Waals surface area contributed by atoms with Crippen LogP contribution in [0.25, 0.3) is 0 Å². The lowest BCUT2D eigenvalue weighted by Gasteiger charge is -2.18. The van der Waals surface area contributed by atoms with Crippen LogP contribution in [0.15, 0.2) is 36.5 Å². The van der Waals surface area contributed by atoms with Gasteiger partial charge in [-0.05, 0) is 41.5 Å². The maximum Gasteiger partial charge on any atom is 0.129 e. The van der Waals surface area contributed by atoms with Crippen LogP contribution in [0.5, 0.6) is 0 Å². The van der Waals surface area contributed by atoms with E-state index in [-0.39, 0.29) is 5.82 Å². The lowest BCUT2D eigenvalue weighted by molar-refractivity contribution is 0.605. The number of hydrogen-bond donors (Lipinski definition) is 2. The Labute approximate surface area is 114 Å². The van der Waals surface area contributed by atoms with Gasteiger partial charge in [-0.2, -0.15) is 0 Å². The number of benzene rings is 1. The minimum Gasteiger partial charge on any atom is -0.271 e.